The smallest absolute Gasteiger partial charge is 0.407 e. The molecule has 0 unspecified atom stereocenters. The molecule has 1 aromatic heterocycles. The van der Waals surface area contributed by atoms with Crippen molar-refractivity contribution in [2.24, 2.45) is 5.41 Å². The largest absolute Gasteiger partial charge is 0.496 e. The first-order valence-electron chi connectivity index (χ1n) is 6.56. The summed E-state index contributed by atoms with van der Waals surface area (Å²) in [6.45, 7) is 7.83. The predicted molar refractivity (Wildman–Crippen MR) is 73.9 cm³/mol. The molecule has 0 atom stereocenters. The molecule has 0 spiro atoms. The maximum Gasteiger partial charge on any atom is 0.496 e. The highest BCUT2D eigenvalue weighted by atomic mass is 19.4. The number of aromatic nitrogens is 1. The van der Waals surface area contributed by atoms with Gasteiger partial charge in [0.2, 0.25) is 0 Å². The lowest BCUT2D eigenvalue weighted by Gasteiger charge is -2.47. The summed E-state index contributed by atoms with van der Waals surface area (Å²) in [7, 11) is -1.11. The van der Waals surface area contributed by atoms with E-state index >= 15 is 0 Å². The number of hydrogen-bond donors (Lipinski definition) is 1. The summed E-state index contributed by atoms with van der Waals surface area (Å²) in [5.74, 6) is -0.193. The highest BCUT2D eigenvalue weighted by Gasteiger charge is 2.49. The van der Waals surface area contributed by atoms with Gasteiger partial charge < -0.3 is 15.0 Å². The van der Waals surface area contributed by atoms with Gasteiger partial charge in [-0.1, -0.05) is 13.8 Å². The zero-order valence-corrected chi connectivity index (χ0v) is 12.4. The van der Waals surface area contributed by atoms with E-state index in [0.717, 1.165) is 12.3 Å². The fraction of sp³-hybridized carbons (Fsp3) is 0.615. The molecule has 21 heavy (non-hydrogen) atoms. The first kappa shape index (κ1) is 16.1. The normalized spacial score (nSPS) is 21.4. The van der Waals surface area contributed by atoms with Crippen molar-refractivity contribution >= 4 is 18.4 Å². The Morgan fingerprint density at radius 2 is 1.90 bits per heavy atom. The number of nitrogens with two attached hydrogens (primary N) is 1. The second-order valence-electron chi connectivity index (χ2n) is 6.35. The van der Waals surface area contributed by atoms with Crippen molar-refractivity contribution in [3.05, 3.63) is 17.8 Å². The van der Waals surface area contributed by atoms with Crippen LogP contribution in [0, 0.1) is 5.41 Å². The van der Waals surface area contributed by atoms with Crippen LogP contribution in [-0.4, -0.2) is 24.3 Å². The minimum atomic E-state index is -4.55. The van der Waals surface area contributed by atoms with Gasteiger partial charge in [-0.2, -0.15) is 13.2 Å². The Bertz CT molecular complexity index is 547. The third kappa shape index (κ3) is 3.01. The number of nitrogens with zero attached hydrogens (tertiary/aromatic N) is 1. The van der Waals surface area contributed by atoms with Gasteiger partial charge in [0.05, 0.1) is 11.2 Å². The van der Waals surface area contributed by atoms with Gasteiger partial charge in [-0.25, -0.2) is 4.98 Å². The zero-order chi connectivity index (χ0) is 16.1. The number of rotatable bonds is 1. The molecule has 1 aliphatic heterocycles. The van der Waals surface area contributed by atoms with Crippen LogP contribution in [0.4, 0.5) is 19.0 Å². The number of nitrogen functional groups attached to an aromatic ring is 1. The van der Waals surface area contributed by atoms with E-state index in [1.165, 1.54) is 0 Å². The molecule has 2 N–H and O–H groups in total. The van der Waals surface area contributed by atoms with E-state index in [2.05, 4.69) is 4.98 Å². The van der Waals surface area contributed by atoms with Crippen molar-refractivity contribution in [2.75, 3.05) is 12.3 Å². The molecule has 2 heterocycles. The third-order valence-corrected chi connectivity index (χ3v) is 4.14. The third-order valence-electron chi connectivity index (χ3n) is 4.14. The molecule has 0 radical (unpaired) electrons. The van der Waals surface area contributed by atoms with Crippen LogP contribution in [0.3, 0.4) is 0 Å². The van der Waals surface area contributed by atoms with Crippen LogP contribution < -0.4 is 11.2 Å². The van der Waals surface area contributed by atoms with Crippen molar-refractivity contribution < 1.29 is 22.5 Å². The van der Waals surface area contributed by atoms with Gasteiger partial charge >= 0.3 is 13.3 Å². The van der Waals surface area contributed by atoms with Gasteiger partial charge in [0.1, 0.15) is 5.82 Å². The predicted octanol–water partition coefficient (Wildman–Crippen LogP) is 2.23. The van der Waals surface area contributed by atoms with E-state index < -0.39 is 24.5 Å². The summed E-state index contributed by atoms with van der Waals surface area (Å²) >= 11 is 0. The van der Waals surface area contributed by atoms with Gasteiger partial charge in [0, 0.05) is 23.7 Å². The highest BCUT2D eigenvalue weighted by Crippen LogP contribution is 2.39. The SMILES string of the molecule is CC1(C)COB(c2cnc(N)cc2C(F)(F)F)OC1(C)C. The van der Waals surface area contributed by atoms with E-state index in [-0.39, 0.29) is 23.3 Å². The van der Waals surface area contributed by atoms with Crippen molar-refractivity contribution in [2.45, 2.75) is 39.5 Å². The summed E-state index contributed by atoms with van der Waals surface area (Å²) in [6.07, 6.45) is -3.48. The molecule has 116 valence electrons. The fourth-order valence-electron chi connectivity index (χ4n) is 1.99. The molecule has 0 aliphatic carbocycles. The maximum atomic E-state index is 13.1. The molecule has 1 aromatic rings. The molecular formula is C13H18BF3N2O2. The summed E-state index contributed by atoms with van der Waals surface area (Å²) in [5, 5.41) is 0. The van der Waals surface area contributed by atoms with Gasteiger partial charge in [0.25, 0.3) is 0 Å². The number of alkyl halides is 3. The van der Waals surface area contributed by atoms with Crippen molar-refractivity contribution in [3.63, 3.8) is 0 Å². The second-order valence-corrected chi connectivity index (χ2v) is 6.35. The molecule has 0 bridgehead atoms. The second kappa shape index (κ2) is 4.88. The van der Waals surface area contributed by atoms with Crippen LogP contribution in [0.1, 0.15) is 33.3 Å². The minimum absolute atomic E-state index is 0.153. The Morgan fingerprint density at radius 3 is 2.43 bits per heavy atom. The lowest BCUT2D eigenvalue weighted by molar-refractivity contribution is -0.137. The van der Waals surface area contributed by atoms with Gasteiger partial charge in [-0.05, 0) is 19.9 Å². The van der Waals surface area contributed by atoms with Crippen molar-refractivity contribution in [1.29, 1.82) is 0 Å². The molecule has 1 aliphatic rings. The first-order chi connectivity index (χ1) is 9.44. The molecule has 0 amide bonds. The Balaban J connectivity index is 2.40. The Kier molecular flexibility index (Phi) is 3.74. The van der Waals surface area contributed by atoms with Gasteiger partial charge in [-0.15, -0.1) is 0 Å². The van der Waals surface area contributed by atoms with Crippen LogP contribution in [-0.2, 0) is 15.5 Å². The van der Waals surface area contributed by atoms with Crippen LogP contribution in [0.5, 0.6) is 0 Å². The number of hydrogen-bond acceptors (Lipinski definition) is 4. The van der Waals surface area contributed by atoms with E-state index in [1.54, 1.807) is 0 Å². The average Bonchev–Trinajstić information content (AvgIpc) is 2.32. The Hall–Kier alpha value is -1.28. The van der Waals surface area contributed by atoms with Crippen molar-refractivity contribution in [1.82, 2.24) is 4.98 Å². The van der Waals surface area contributed by atoms with E-state index in [4.69, 9.17) is 15.0 Å². The Morgan fingerprint density at radius 1 is 1.29 bits per heavy atom. The standard InChI is InChI=1S/C13H18BF3N2O2/c1-11(2)7-20-14(21-12(11,3)4)9-6-19-10(18)5-8(9)13(15,16)17/h5-6H,7H2,1-4H3,(H2,18,19). The lowest BCUT2D eigenvalue weighted by atomic mass is 9.68. The zero-order valence-electron chi connectivity index (χ0n) is 12.4. The van der Waals surface area contributed by atoms with E-state index in [9.17, 15) is 13.2 Å². The van der Waals surface area contributed by atoms with Crippen LogP contribution >= 0.6 is 0 Å². The fourth-order valence-corrected chi connectivity index (χ4v) is 1.99. The number of pyridine rings is 1. The summed E-state index contributed by atoms with van der Waals surface area (Å²) in [4.78, 5) is 3.73. The number of anilines is 1. The topological polar surface area (TPSA) is 57.4 Å². The summed E-state index contributed by atoms with van der Waals surface area (Å²) in [6, 6.07) is 0.800. The van der Waals surface area contributed by atoms with E-state index in [0.29, 0.717) is 0 Å². The first-order valence-corrected chi connectivity index (χ1v) is 6.56. The average molecular weight is 302 g/mol. The monoisotopic (exact) mass is 302 g/mol. The van der Waals surface area contributed by atoms with Crippen LogP contribution in [0.2, 0.25) is 0 Å². The molecular weight excluding hydrogens is 284 g/mol. The molecule has 0 saturated carbocycles. The molecule has 1 fully saturated rings. The maximum absolute atomic E-state index is 13.1. The summed E-state index contributed by atoms with van der Waals surface area (Å²) in [5.41, 5.74) is 3.37. The molecule has 4 nitrogen and oxygen atoms in total. The van der Waals surface area contributed by atoms with E-state index in [1.807, 2.05) is 27.7 Å². The number of halogens is 3. The quantitative estimate of drug-likeness (QED) is 0.808. The van der Waals surface area contributed by atoms with Crippen LogP contribution in [0.15, 0.2) is 12.3 Å². The molecule has 0 aromatic carbocycles. The van der Waals surface area contributed by atoms with Crippen LogP contribution in [0.25, 0.3) is 0 Å². The minimum Gasteiger partial charge on any atom is -0.407 e. The van der Waals surface area contributed by atoms with Crippen molar-refractivity contribution in [3.8, 4) is 0 Å². The highest BCUT2D eigenvalue weighted by molar-refractivity contribution is 6.62. The molecule has 8 heteroatoms. The molecule has 1 saturated heterocycles. The van der Waals surface area contributed by atoms with Gasteiger partial charge in [-0.3, -0.25) is 0 Å². The van der Waals surface area contributed by atoms with Gasteiger partial charge in [0.15, 0.2) is 0 Å². The molecule has 2 rings (SSSR count). The summed E-state index contributed by atoms with van der Waals surface area (Å²) < 4.78 is 50.6. The Labute approximate surface area is 122 Å². The lowest BCUT2D eigenvalue weighted by Crippen LogP contribution is -2.59.